The summed E-state index contributed by atoms with van der Waals surface area (Å²) in [5, 5.41) is 3.13. The summed E-state index contributed by atoms with van der Waals surface area (Å²) in [5.74, 6) is 1.61. The molecule has 0 aromatic rings. The molecule has 1 aliphatic heterocycles. The maximum absolute atomic E-state index is 11.9. The number of carbonyl (C=O) groups excluding carboxylic acids is 1. The molecule has 16 heavy (non-hydrogen) atoms. The van der Waals surface area contributed by atoms with Crippen molar-refractivity contribution in [3.05, 3.63) is 0 Å². The highest BCUT2D eigenvalue weighted by Gasteiger charge is 2.31. The van der Waals surface area contributed by atoms with Gasteiger partial charge in [0.25, 0.3) is 0 Å². The van der Waals surface area contributed by atoms with Crippen molar-refractivity contribution < 1.29 is 4.79 Å². The summed E-state index contributed by atoms with van der Waals surface area (Å²) in [7, 11) is 0. The molecular weight excluding hydrogens is 200 g/mol. The Hall–Kier alpha value is -0.570. The van der Waals surface area contributed by atoms with Crippen molar-refractivity contribution in [2.45, 2.75) is 44.6 Å². The zero-order valence-corrected chi connectivity index (χ0v) is 9.95. The predicted octanol–water partition coefficient (Wildman–Crippen LogP) is 1.39. The van der Waals surface area contributed by atoms with Crippen molar-refractivity contribution in [3.63, 3.8) is 0 Å². The fourth-order valence-electron chi connectivity index (χ4n) is 2.59. The lowest BCUT2D eigenvalue weighted by Crippen LogP contribution is -2.41. The van der Waals surface area contributed by atoms with Gasteiger partial charge in [-0.15, -0.1) is 0 Å². The molecule has 3 nitrogen and oxygen atoms in total. The highest BCUT2D eigenvalue weighted by atomic mass is 16.2. The molecule has 0 bridgehead atoms. The third-order valence-corrected chi connectivity index (χ3v) is 4.10. The molecule has 1 N–H and O–H groups in total. The van der Waals surface area contributed by atoms with Gasteiger partial charge in [-0.3, -0.25) is 4.79 Å². The van der Waals surface area contributed by atoms with Crippen molar-refractivity contribution in [2.24, 2.45) is 11.8 Å². The van der Waals surface area contributed by atoms with E-state index in [4.69, 9.17) is 0 Å². The minimum atomic E-state index is 0.302. The lowest BCUT2D eigenvalue weighted by Gasteiger charge is -2.31. The average Bonchev–Trinajstić information content (AvgIpc) is 3.14. The Kier molecular flexibility index (Phi) is 2.88. The van der Waals surface area contributed by atoms with Crippen LogP contribution in [0.1, 0.15) is 38.5 Å². The lowest BCUT2D eigenvalue weighted by atomic mass is 9.95. The van der Waals surface area contributed by atoms with Gasteiger partial charge < -0.3 is 10.2 Å². The van der Waals surface area contributed by atoms with Gasteiger partial charge in [0.1, 0.15) is 0 Å². The molecule has 0 unspecified atom stereocenters. The third-order valence-electron chi connectivity index (χ3n) is 4.10. The van der Waals surface area contributed by atoms with Gasteiger partial charge in [-0.05, 0) is 57.5 Å². The first kappa shape index (κ1) is 10.6. The van der Waals surface area contributed by atoms with Gasteiger partial charge in [0.15, 0.2) is 0 Å². The number of nitrogens with zero attached hydrogens (tertiary/aromatic N) is 1. The van der Waals surface area contributed by atoms with Crippen LogP contribution < -0.4 is 5.32 Å². The topological polar surface area (TPSA) is 32.3 Å². The Labute approximate surface area is 97.6 Å². The van der Waals surface area contributed by atoms with Crippen LogP contribution in [-0.4, -0.2) is 36.5 Å². The highest BCUT2D eigenvalue weighted by Crippen LogP contribution is 2.31. The van der Waals surface area contributed by atoms with Crippen LogP contribution in [0.25, 0.3) is 0 Å². The molecule has 90 valence electrons. The van der Waals surface area contributed by atoms with Crippen molar-refractivity contribution in [1.82, 2.24) is 10.2 Å². The van der Waals surface area contributed by atoms with Crippen LogP contribution in [0.4, 0.5) is 0 Å². The molecule has 3 rings (SSSR count). The Morgan fingerprint density at radius 3 is 2.31 bits per heavy atom. The van der Waals surface area contributed by atoms with E-state index in [1.807, 2.05) is 0 Å². The fraction of sp³-hybridized carbons (Fsp3) is 0.923. The van der Waals surface area contributed by atoms with Gasteiger partial charge >= 0.3 is 0 Å². The minimum absolute atomic E-state index is 0.302. The van der Waals surface area contributed by atoms with Crippen molar-refractivity contribution in [2.75, 3.05) is 19.6 Å². The van der Waals surface area contributed by atoms with E-state index in [0.29, 0.717) is 17.9 Å². The van der Waals surface area contributed by atoms with Crippen LogP contribution in [-0.2, 0) is 4.79 Å². The van der Waals surface area contributed by atoms with Gasteiger partial charge in [0.05, 0.1) is 0 Å². The van der Waals surface area contributed by atoms with E-state index >= 15 is 0 Å². The molecule has 1 heterocycles. The zero-order valence-electron chi connectivity index (χ0n) is 9.95. The Morgan fingerprint density at radius 1 is 1.06 bits per heavy atom. The number of hydrogen-bond donors (Lipinski definition) is 1. The number of nitrogens with one attached hydrogen (secondary N) is 1. The van der Waals surface area contributed by atoms with Gasteiger partial charge in [-0.1, -0.05) is 0 Å². The first-order valence-electron chi connectivity index (χ1n) is 6.84. The van der Waals surface area contributed by atoms with Gasteiger partial charge in [0, 0.05) is 18.5 Å². The molecule has 0 atom stereocenters. The third kappa shape index (κ3) is 2.76. The first-order chi connectivity index (χ1) is 7.81. The van der Waals surface area contributed by atoms with Gasteiger partial charge in [-0.2, -0.15) is 0 Å². The molecule has 3 heteroatoms. The van der Waals surface area contributed by atoms with E-state index in [2.05, 4.69) is 10.2 Å². The van der Waals surface area contributed by atoms with E-state index in [1.165, 1.54) is 32.2 Å². The number of amides is 1. The fourth-order valence-corrected chi connectivity index (χ4v) is 2.59. The van der Waals surface area contributed by atoms with Crippen LogP contribution >= 0.6 is 0 Å². The minimum Gasteiger partial charge on any atom is -0.353 e. The normalized spacial score (nSPS) is 28.0. The molecular formula is C13H22N2O. The molecule has 0 spiro atoms. The first-order valence-corrected chi connectivity index (χ1v) is 6.84. The molecule has 3 aliphatic rings. The van der Waals surface area contributed by atoms with Crippen LogP contribution in [0.5, 0.6) is 0 Å². The maximum atomic E-state index is 11.9. The van der Waals surface area contributed by atoms with E-state index in [-0.39, 0.29) is 0 Å². The standard InChI is InChI=1S/C13H22N2O/c16-13(14-12-3-4-12)11-5-7-15(8-6-11)9-10-1-2-10/h10-12H,1-9H2,(H,14,16). The largest absolute Gasteiger partial charge is 0.353 e. The predicted molar refractivity (Wildman–Crippen MR) is 63.1 cm³/mol. The summed E-state index contributed by atoms with van der Waals surface area (Å²) in [6.07, 6.45) is 7.42. The Morgan fingerprint density at radius 2 is 1.75 bits per heavy atom. The van der Waals surface area contributed by atoms with Crippen LogP contribution in [0, 0.1) is 11.8 Å². The maximum Gasteiger partial charge on any atom is 0.223 e. The van der Waals surface area contributed by atoms with Crippen LogP contribution in [0.15, 0.2) is 0 Å². The summed E-state index contributed by atoms with van der Waals surface area (Å²) < 4.78 is 0. The number of carbonyl (C=O) groups is 1. The summed E-state index contributed by atoms with van der Waals surface area (Å²) in [5.41, 5.74) is 0. The van der Waals surface area contributed by atoms with Crippen molar-refractivity contribution in [1.29, 1.82) is 0 Å². The van der Waals surface area contributed by atoms with E-state index < -0.39 is 0 Å². The molecule has 0 aromatic heterocycles. The number of rotatable bonds is 4. The lowest BCUT2D eigenvalue weighted by molar-refractivity contribution is -0.126. The molecule has 2 aliphatic carbocycles. The summed E-state index contributed by atoms with van der Waals surface area (Å²) in [6.45, 7) is 3.56. The summed E-state index contributed by atoms with van der Waals surface area (Å²) >= 11 is 0. The van der Waals surface area contributed by atoms with E-state index in [1.54, 1.807) is 0 Å². The number of likely N-dealkylation sites (tertiary alicyclic amines) is 1. The molecule has 1 saturated heterocycles. The molecule has 2 saturated carbocycles. The smallest absolute Gasteiger partial charge is 0.223 e. The summed E-state index contributed by atoms with van der Waals surface area (Å²) in [4.78, 5) is 14.4. The number of hydrogen-bond acceptors (Lipinski definition) is 2. The molecule has 0 radical (unpaired) electrons. The molecule has 0 aromatic carbocycles. The van der Waals surface area contributed by atoms with E-state index in [0.717, 1.165) is 31.8 Å². The molecule has 3 fully saturated rings. The second-order valence-electron chi connectivity index (χ2n) is 5.80. The van der Waals surface area contributed by atoms with Crippen LogP contribution in [0.3, 0.4) is 0 Å². The second-order valence-corrected chi connectivity index (χ2v) is 5.80. The number of piperidine rings is 1. The van der Waals surface area contributed by atoms with Crippen molar-refractivity contribution in [3.8, 4) is 0 Å². The average molecular weight is 222 g/mol. The molecule has 1 amide bonds. The second kappa shape index (κ2) is 4.36. The van der Waals surface area contributed by atoms with E-state index in [9.17, 15) is 4.79 Å². The Bertz CT molecular complexity index is 263. The van der Waals surface area contributed by atoms with Crippen molar-refractivity contribution >= 4 is 5.91 Å². The monoisotopic (exact) mass is 222 g/mol. The quantitative estimate of drug-likeness (QED) is 0.779. The summed E-state index contributed by atoms with van der Waals surface area (Å²) in [6, 6.07) is 0.525. The Balaban J connectivity index is 1.40. The SMILES string of the molecule is O=C(NC1CC1)C1CCN(CC2CC2)CC1. The van der Waals surface area contributed by atoms with Gasteiger partial charge in [0.2, 0.25) is 5.91 Å². The van der Waals surface area contributed by atoms with Crippen LogP contribution in [0.2, 0.25) is 0 Å². The highest BCUT2D eigenvalue weighted by molar-refractivity contribution is 5.79. The van der Waals surface area contributed by atoms with Gasteiger partial charge in [-0.25, -0.2) is 0 Å². The zero-order chi connectivity index (χ0) is 11.0.